The highest BCUT2D eigenvalue weighted by molar-refractivity contribution is 5.77. The standard InChI is InChI=1S/C16H11F3O2/c17-16(18,19)12-7-3-2-6-11(12)15(20)14-9-10-5-1-4-8-13(10)21-14/h1-9,15,20H/t15-/m1/s1. The van der Waals surface area contributed by atoms with Gasteiger partial charge < -0.3 is 9.52 Å². The van der Waals surface area contributed by atoms with E-state index in [0.29, 0.717) is 5.58 Å². The van der Waals surface area contributed by atoms with Gasteiger partial charge in [0.15, 0.2) is 0 Å². The Labute approximate surface area is 118 Å². The number of fused-ring (bicyclic) bond motifs is 1. The third-order valence-electron chi connectivity index (χ3n) is 3.27. The molecule has 1 atom stereocenters. The summed E-state index contributed by atoms with van der Waals surface area (Å²) in [5, 5.41) is 11.0. The number of aliphatic hydroxyl groups is 1. The number of furan rings is 1. The Kier molecular flexibility index (Phi) is 3.22. The summed E-state index contributed by atoms with van der Waals surface area (Å²) in [6.45, 7) is 0. The Morgan fingerprint density at radius 2 is 1.62 bits per heavy atom. The molecule has 0 aliphatic carbocycles. The first kappa shape index (κ1) is 13.7. The largest absolute Gasteiger partial charge is 0.458 e. The van der Waals surface area contributed by atoms with E-state index in [-0.39, 0.29) is 11.3 Å². The summed E-state index contributed by atoms with van der Waals surface area (Å²) in [7, 11) is 0. The number of hydrogen-bond acceptors (Lipinski definition) is 2. The van der Waals surface area contributed by atoms with Gasteiger partial charge in [0.1, 0.15) is 17.4 Å². The first-order valence-corrected chi connectivity index (χ1v) is 6.29. The van der Waals surface area contributed by atoms with Crippen LogP contribution in [0.15, 0.2) is 59.0 Å². The molecule has 3 rings (SSSR count). The molecule has 1 aromatic heterocycles. The molecule has 0 bridgehead atoms. The van der Waals surface area contributed by atoms with Crippen molar-refractivity contribution in [1.82, 2.24) is 0 Å². The zero-order valence-corrected chi connectivity index (χ0v) is 10.8. The smallest absolute Gasteiger partial charge is 0.416 e. The molecular weight excluding hydrogens is 281 g/mol. The van der Waals surface area contributed by atoms with Crippen LogP contribution in [0.1, 0.15) is 23.0 Å². The lowest BCUT2D eigenvalue weighted by Crippen LogP contribution is -2.12. The Bertz CT molecular complexity index is 741. The van der Waals surface area contributed by atoms with E-state index < -0.39 is 17.8 Å². The molecule has 0 radical (unpaired) electrons. The van der Waals surface area contributed by atoms with Gasteiger partial charge in [-0.15, -0.1) is 0 Å². The van der Waals surface area contributed by atoms with Crippen LogP contribution in [0.5, 0.6) is 0 Å². The van der Waals surface area contributed by atoms with Gasteiger partial charge in [-0.3, -0.25) is 0 Å². The second-order valence-electron chi connectivity index (χ2n) is 4.67. The minimum Gasteiger partial charge on any atom is -0.458 e. The van der Waals surface area contributed by atoms with E-state index in [0.717, 1.165) is 11.5 Å². The van der Waals surface area contributed by atoms with E-state index in [4.69, 9.17) is 4.42 Å². The second-order valence-corrected chi connectivity index (χ2v) is 4.67. The van der Waals surface area contributed by atoms with Crippen molar-refractivity contribution < 1.29 is 22.7 Å². The molecule has 21 heavy (non-hydrogen) atoms. The van der Waals surface area contributed by atoms with Gasteiger partial charge >= 0.3 is 6.18 Å². The van der Waals surface area contributed by atoms with Gasteiger partial charge in [-0.05, 0) is 18.2 Å². The molecule has 0 fully saturated rings. The van der Waals surface area contributed by atoms with Crippen LogP contribution in [0.3, 0.4) is 0 Å². The fraction of sp³-hybridized carbons (Fsp3) is 0.125. The number of para-hydroxylation sites is 1. The predicted molar refractivity (Wildman–Crippen MR) is 71.7 cm³/mol. The van der Waals surface area contributed by atoms with Crippen LogP contribution in [0, 0.1) is 0 Å². The molecule has 0 saturated carbocycles. The van der Waals surface area contributed by atoms with E-state index in [9.17, 15) is 18.3 Å². The van der Waals surface area contributed by atoms with Gasteiger partial charge in [-0.25, -0.2) is 0 Å². The average Bonchev–Trinajstić information content (AvgIpc) is 2.89. The first-order valence-electron chi connectivity index (χ1n) is 6.29. The molecule has 0 unspecified atom stereocenters. The summed E-state index contributed by atoms with van der Waals surface area (Å²) >= 11 is 0. The molecular formula is C16H11F3O2. The minimum absolute atomic E-state index is 0.0906. The molecule has 108 valence electrons. The number of aliphatic hydroxyl groups excluding tert-OH is 1. The summed E-state index contributed by atoms with van der Waals surface area (Å²) in [4.78, 5) is 0. The van der Waals surface area contributed by atoms with Gasteiger partial charge in [0.05, 0.1) is 5.56 Å². The van der Waals surface area contributed by atoms with E-state index in [1.807, 2.05) is 0 Å². The van der Waals surface area contributed by atoms with Crippen LogP contribution in [0.4, 0.5) is 13.2 Å². The van der Waals surface area contributed by atoms with Gasteiger partial charge in [-0.1, -0.05) is 36.4 Å². The zero-order chi connectivity index (χ0) is 15.0. The maximum atomic E-state index is 13.0. The van der Waals surface area contributed by atoms with E-state index in [1.165, 1.54) is 18.2 Å². The van der Waals surface area contributed by atoms with Crippen LogP contribution < -0.4 is 0 Å². The van der Waals surface area contributed by atoms with Crippen molar-refractivity contribution in [2.45, 2.75) is 12.3 Å². The molecule has 0 aliphatic heterocycles. The highest BCUT2D eigenvalue weighted by atomic mass is 19.4. The summed E-state index contributed by atoms with van der Waals surface area (Å²) < 4.78 is 44.4. The van der Waals surface area contributed by atoms with E-state index >= 15 is 0 Å². The fourth-order valence-corrected chi connectivity index (χ4v) is 2.28. The van der Waals surface area contributed by atoms with Crippen molar-refractivity contribution in [3.63, 3.8) is 0 Å². The van der Waals surface area contributed by atoms with Crippen molar-refractivity contribution in [3.8, 4) is 0 Å². The molecule has 0 amide bonds. The van der Waals surface area contributed by atoms with Gasteiger partial charge in [0, 0.05) is 10.9 Å². The van der Waals surface area contributed by atoms with Crippen LogP contribution in [0.25, 0.3) is 11.0 Å². The Hall–Kier alpha value is -2.27. The normalized spacial score (nSPS) is 13.5. The Morgan fingerprint density at radius 3 is 2.33 bits per heavy atom. The molecule has 5 heteroatoms. The lowest BCUT2D eigenvalue weighted by molar-refractivity contribution is -0.139. The van der Waals surface area contributed by atoms with Gasteiger partial charge in [-0.2, -0.15) is 13.2 Å². The maximum Gasteiger partial charge on any atom is 0.416 e. The Morgan fingerprint density at radius 1 is 0.952 bits per heavy atom. The second kappa shape index (κ2) is 4.93. The molecule has 0 aliphatic rings. The highest BCUT2D eigenvalue weighted by Crippen LogP contribution is 2.37. The third kappa shape index (κ3) is 2.52. The molecule has 0 spiro atoms. The third-order valence-corrected chi connectivity index (χ3v) is 3.27. The van der Waals surface area contributed by atoms with Crippen LogP contribution >= 0.6 is 0 Å². The summed E-state index contributed by atoms with van der Waals surface area (Å²) in [5.74, 6) is 0.0906. The number of halogens is 3. The Balaban J connectivity index is 2.08. The van der Waals surface area contributed by atoms with E-state index in [2.05, 4.69) is 0 Å². The number of rotatable bonds is 2. The average molecular weight is 292 g/mol. The minimum atomic E-state index is -4.52. The summed E-state index contributed by atoms with van der Waals surface area (Å²) in [6, 6.07) is 13.5. The SMILES string of the molecule is O[C@@H](c1cc2ccccc2o1)c1ccccc1C(F)(F)F. The van der Waals surface area contributed by atoms with Gasteiger partial charge in [0.25, 0.3) is 0 Å². The van der Waals surface area contributed by atoms with Crippen molar-refractivity contribution >= 4 is 11.0 Å². The molecule has 3 aromatic rings. The zero-order valence-electron chi connectivity index (χ0n) is 10.8. The summed E-state index contributed by atoms with van der Waals surface area (Å²) in [6.07, 6.45) is -5.99. The van der Waals surface area contributed by atoms with Crippen molar-refractivity contribution in [2.24, 2.45) is 0 Å². The van der Waals surface area contributed by atoms with Crippen molar-refractivity contribution in [1.29, 1.82) is 0 Å². The topological polar surface area (TPSA) is 33.4 Å². The van der Waals surface area contributed by atoms with Crippen molar-refractivity contribution in [2.75, 3.05) is 0 Å². The van der Waals surface area contributed by atoms with Crippen LogP contribution in [0.2, 0.25) is 0 Å². The quantitative estimate of drug-likeness (QED) is 0.752. The predicted octanol–water partition coefficient (Wildman–Crippen LogP) is 4.53. The van der Waals surface area contributed by atoms with Crippen molar-refractivity contribution in [3.05, 3.63) is 71.5 Å². The molecule has 2 nitrogen and oxygen atoms in total. The molecule has 2 aromatic carbocycles. The van der Waals surface area contributed by atoms with Crippen LogP contribution in [-0.4, -0.2) is 5.11 Å². The van der Waals surface area contributed by atoms with E-state index in [1.54, 1.807) is 30.3 Å². The number of alkyl halides is 3. The highest BCUT2D eigenvalue weighted by Gasteiger charge is 2.35. The number of hydrogen-bond donors (Lipinski definition) is 1. The van der Waals surface area contributed by atoms with Crippen LogP contribution in [-0.2, 0) is 6.18 Å². The molecule has 0 saturated heterocycles. The monoisotopic (exact) mass is 292 g/mol. The lowest BCUT2D eigenvalue weighted by Gasteiger charge is -2.15. The fourth-order valence-electron chi connectivity index (χ4n) is 2.28. The molecule has 1 heterocycles. The first-order chi connectivity index (χ1) is 9.97. The number of benzene rings is 2. The molecule has 1 N–H and O–H groups in total. The van der Waals surface area contributed by atoms with Gasteiger partial charge in [0.2, 0.25) is 0 Å². The lowest BCUT2D eigenvalue weighted by atomic mass is 10.0. The summed E-state index contributed by atoms with van der Waals surface area (Å²) in [5.41, 5.74) is -0.557. The maximum absolute atomic E-state index is 13.0.